The van der Waals surface area contributed by atoms with Crippen LogP contribution in [0.15, 0.2) is 36.4 Å². The van der Waals surface area contributed by atoms with Gasteiger partial charge in [-0.2, -0.15) is 0 Å². The lowest BCUT2D eigenvalue weighted by molar-refractivity contribution is -0.145. The van der Waals surface area contributed by atoms with Crippen LogP contribution < -0.4 is 10.6 Å². The van der Waals surface area contributed by atoms with Crippen LogP contribution in [0.1, 0.15) is 74.4 Å². The quantitative estimate of drug-likeness (QED) is 0.341. The minimum Gasteiger partial charge on any atom is -0.504 e. The van der Waals surface area contributed by atoms with Crippen molar-refractivity contribution in [1.29, 1.82) is 0 Å². The Hall–Kier alpha value is -4.28. The third kappa shape index (κ3) is 5.01. The van der Waals surface area contributed by atoms with Crippen molar-refractivity contribution in [2.75, 3.05) is 7.05 Å². The van der Waals surface area contributed by atoms with Crippen molar-refractivity contribution in [2.45, 2.75) is 83.1 Å². The molecule has 5 rings (SSSR count). The normalized spacial score (nSPS) is 24.9. The number of carbonyl (C=O) groups is 4. The van der Waals surface area contributed by atoms with E-state index in [0.717, 1.165) is 29.7 Å². The maximum absolute atomic E-state index is 14.3. The second kappa shape index (κ2) is 10.8. The van der Waals surface area contributed by atoms with E-state index in [9.17, 15) is 34.5 Å². The summed E-state index contributed by atoms with van der Waals surface area (Å²) in [6, 6.07) is 6.84. The molecule has 3 aliphatic rings. The molecule has 0 aromatic heterocycles. The number of benzene rings is 2. The molecule has 0 saturated carbocycles. The summed E-state index contributed by atoms with van der Waals surface area (Å²) >= 11 is 0. The molecule has 1 unspecified atom stereocenters. The van der Waals surface area contributed by atoms with Crippen LogP contribution in [0.4, 0.5) is 4.79 Å². The molecule has 1 saturated heterocycles. The second-order valence-electron chi connectivity index (χ2n) is 12.3. The van der Waals surface area contributed by atoms with Gasteiger partial charge in [0.25, 0.3) is 0 Å². The van der Waals surface area contributed by atoms with E-state index >= 15 is 0 Å². The van der Waals surface area contributed by atoms with Crippen LogP contribution in [-0.4, -0.2) is 74.1 Å². The smallest absolute Gasteiger partial charge is 0.407 e. The predicted octanol–water partition coefficient (Wildman–Crippen LogP) is 3.00. The number of hydrogen-bond donors (Lipinski definition) is 5. The molecule has 2 aromatic rings. The van der Waals surface area contributed by atoms with Crippen LogP contribution in [0.2, 0.25) is 0 Å². The van der Waals surface area contributed by atoms with Crippen LogP contribution in [0.3, 0.4) is 0 Å². The molecular weight excluding hydrogens is 540 g/mol. The van der Waals surface area contributed by atoms with Crippen molar-refractivity contribution in [3.05, 3.63) is 58.7 Å². The van der Waals surface area contributed by atoms with Gasteiger partial charge >= 0.3 is 6.09 Å². The number of aromatic hydroxyl groups is 2. The molecule has 5 N–H and O–H groups in total. The number of nitrogens with one attached hydrogen (secondary N) is 2. The van der Waals surface area contributed by atoms with Gasteiger partial charge in [0.2, 0.25) is 17.7 Å². The first-order valence-electron chi connectivity index (χ1n) is 14.3. The number of fused-ring (bicyclic) bond motifs is 4. The fourth-order valence-electron chi connectivity index (χ4n) is 6.84. The number of carbonyl (C=O) groups excluding carboxylic acids is 3. The zero-order valence-corrected chi connectivity index (χ0v) is 24.3. The molecule has 0 radical (unpaired) electrons. The van der Waals surface area contributed by atoms with E-state index in [0.29, 0.717) is 17.5 Å². The summed E-state index contributed by atoms with van der Waals surface area (Å²) < 4.78 is 0. The van der Waals surface area contributed by atoms with Gasteiger partial charge in [-0.3, -0.25) is 19.3 Å². The molecule has 2 heterocycles. The Morgan fingerprint density at radius 1 is 1.05 bits per heavy atom. The lowest BCUT2D eigenvalue weighted by atomic mass is 9.80. The predicted molar refractivity (Wildman–Crippen MR) is 153 cm³/mol. The van der Waals surface area contributed by atoms with Crippen LogP contribution in [0, 0.1) is 5.41 Å². The number of nitrogens with zero attached hydrogens (tertiary/aromatic N) is 2. The van der Waals surface area contributed by atoms with Gasteiger partial charge in [-0.25, -0.2) is 4.79 Å². The number of aryl methyl sites for hydroxylation is 1. The van der Waals surface area contributed by atoms with Crippen LogP contribution in [-0.2, 0) is 27.2 Å². The summed E-state index contributed by atoms with van der Waals surface area (Å²) in [4.78, 5) is 55.3. The first-order valence-corrected chi connectivity index (χ1v) is 14.3. The van der Waals surface area contributed by atoms with Crippen LogP contribution in [0.5, 0.6) is 11.5 Å². The molecule has 0 spiro atoms. The van der Waals surface area contributed by atoms with Gasteiger partial charge in [-0.1, -0.05) is 44.2 Å². The van der Waals surface area contributed by atoms with Crippen molar-refractivity contribution < 1.29 is 34.5 Å². The number of hydrogen-bond acceptors (Lipinski definition) is 6. The molecule has 11 heteroatoms. The van der Waals surface area contributed by atoms with E-state index in [4.69, 9.17) is 0 Å². The maximum atomic E-state index is 14.3. The zero-order chi connectivity index (χ0) is 30.5. The van der Waals surface area contributed by atoms with E-state index in [1.165, 1.54) is 30.5 Å². The van der Waals surface area contributed by atoms with Gasteiger partial charge in [0.1, 0.15) is 18.1 Å². The number of carboxylic acid groups (broad SMARTS) is 1. The molecule has 5 atom stereocenters. The third-order valence-electron chi connectivity index (χ3n) is 9.18. The van der Waals surface area contributed by atoms with Gasteiger partial charge in [-0.15, -0.1) is 0 Å². The fourth-order valence-corrected chi connectivity index (χ4v) is 6.84. The molecule has 0 bridgehead atoms. The first-order chi connectivity index (χ1) is 19.8. The van der Waals surface area contributed by atoms with Crippen molar-refractivity contribution in [3.63, 3.8) is 0 Å². The highest BCUT2D eigenvalue weighted by Gasteiger charge is 2.56. The van der Waals surface area contributed by atoms with Crippen molar-refractivity contribution in [3.8, 4) is 11.5 Å². The number of phenols is 2. The second-order valence-corrected chi connectivity index (χ2v) is 12.3. The third-order valence-corrected chi connectivity index (χ3v) is 9.18. The topological polar surface area (TPSA) is 160 Å². The average Bonchev–Trinajstić information content (AvgIpc) is 3.18. The highest BCUT2D eigenvalue weighted by molar-refractivity contribution is 5.95. The molecule has 1 fully saturated rings. The SMILES string of the molecule is C[C@@H](C(=O)N[C@H]1Cc2ccc(O)c(O)c2[C@H]2CC(C)(C)C(C(=O)N[C@@H]3CCCc4ccccc43)N2C1=O)N(C)C(=O)O. The number of amides is 4. The van der Waals surface area contributed by atoms with Crippen molar-refractivity contribution in [1.82, 2.24) is 20.4 Å². The van der Waals surface area contributed by atoms with Gasteiger partial charge in [-0.05, 0) is 60.8 Å². The summed E-state index contributed by atoms with van der Waals surface area (Å²) in [5, 5.41) is 36.6. The van der Waals surface area contributed by atoms with Crippen molar-refractivity contribution >= 4 is 23.8 Å². The van der Waals surface area contributed by atoms with E-state index in [2.05, 4.69) is 16.7 Å². The number of likely N-dealkylation sites (N-methyl/N-ethyl adjacent to an activating group) is 1. The Labute approximate surface area is 244 Å². The molecule has 4 amide bonds. The van der Waals surface area contributed by atoms with Gasteiger partial charge in [0.05, 0.1) is 12.1 Å². The lowest BCUT2D eigenvalue weighted by Gasteiger charge is -2.36. The van der Waals surface area contributed by atoms with Gasteiger partial charge in [0.15, 0.2) is 11.5 Å². The van der Waals surface area contributed by atoms with E-state index in [1.54, 1.807) is 6.07 Å². The highest BCUT2D eigenvalue weighted by atomic mass is 16.4. The summed E-state index contributed by atoms with van der Waals surface area (Å²) in [5.74, 6) is -2.21. The molecule has 1 aliphatic carbocycles. The standard InChI is InChI=1S/C31H38N4O7/c1-16(34(4)30(41)42)27(38)33-21-14-18-12-13-23(36)25(37)24(18)22-15-31(2,3)26(35(22)29(21)40)28(39)32-20-11-7-9-17-8-5-6-10-19(17)20/h5-6,8,10,12-13,16,20-22,26,36-37H,7,9,11,14-15H2,1-4H3,(H,32,39)(H,33,38)(H,41,42)/t16-,20+,21-,22+,26?/m0/s1. The van der Waals surface area contributed by atoms with E-state index < -0.39 is 47.5 Å². The summed E-state index contributed by atoms with van der Waals surface area (Å²) in [7, 11) is 1.26. The Morgan fingerprint density at radius 3 is 2.48 bits per heavy atom. The van der Waals surface area contributed by atoms with Crippen LogP contribution >= 0.6 is 0 Å². The lowest BCUT2D eigenvalue weighted by Crippen LogP contribution is -2.58. The molecule has 2 aromatic carbocycles. The largest absolute Gasteiger partial charge is 0.504 e. The van der Waals surface area contributed by atoms with Gasteiger partial charge < -0.3 is 30.9 Å². The molecule has 42 heavy (non-hydrogen) atoms. The average molecular weight is 579 g/mol. The minimum atomic E-state index is -1.29. The summed E-state index contributed by atoms with van der Waals surface area (Å²) in [6.45, 7) is 5.21. The van der Waals surface area contributed by atoms with E-state index in [1.807, 2.05) is 32.0 Å². The first kappa shape index (κ1) is 29.2. The highest BCUT2D eigenvalue weighted by Crippen LogP contribution is 2.53. The Morgan fingerprint density at radius 2 is 1.76 bits per heavy atom. The molecule has 11 nitrogen and oxygen atoms in total. The van der Waals surface area contributed by atoms with E-state index in [-0.39, 0.29) is 29.9 Å². The van der Waals surface area contributed by atoms with Crippen molar-refractivity contribution in [2.24, 2.45) is 5.41 Å². The number of rotatable bonds is 5. The van der Waals surface area contributed by atoms with Gasteiger partial charge in [0, 0.05) is 19.0 Å². The Bertz CT molecular complexity index is 1440. The zero-order valence-electron chi connectivity index (χ0n) is 24.3. The Balaban J connectivity index is 1.52. The summed E-state index contributed by atoms with van der Waals surface area (Å²) in [5.41, 5.74) is 2.41. The monoisotopic (exact) mass is 578 g/mol. The minimum absolute atomic E-state index is 0.00494. The Kier molecular flexibility index (Phi) is 7.55. The summed E-state index contributed by atoms with van der Waals surface area (Å²) in [6.07, 6.45) is 1.64. The molecule has 2 aliphatic heterocycles. The molecular formula is C31H38N4O7. The fraction of sp³-hybridized carbons (Fsp3) is 0.484. The maximum Gasteiger partial charge on any atom is 0.407 e. The van der Waals surface area contributed by atoms with Crippen LogP contribution in [0.25, 0.3) is 0 Å². The number of phenolic OH excluding ortho intramolecular Hbond substituents is 2. The molecule has 224 valence electrons.